The number of piperidine rings is 1. The number of hydrogen-bond donors (Lipinski definition) is 1. The minimum Gasteiger partial charge on any atom is -0.481 e. The van der Waals surface area contributed by atoms with Crippen LogP contribution < -0.4 is 9.80 Å². The number of aliphatic carboxylic acids is 1. The Bertz CT molecular complexity index is 481. The van der Waals surface area contributed by atoms with E-state index in [4.69, 9.17) is 5.11 Å². The van der Waals surface area contributed by atoms with E-state index in [1.807, 2.05) is 13.1 Å². The Labute approximate surface area is 132 Å². The third-order valence-corrected chi connectivity index (χ3v) is 4.50. The molecule has 1 aliphatic rings. The van der Waals surface area contributed by atoms with Crippen LogP contribution in [0.1, 0.15) is 33.6 Å². The van der Waals surface area contributed by atoms with Crippen LogP contribution in [0.4, 0.5) is 11.5 Å². The molecule has 1 fully saturated rings. The number of carbonyl (C=O) groups is 1. The summed E-state index contributed by atoms with van der Waals surface area (Å²) in [6.07, 6.45) is 4.31. The van der Waals surface area contributed by atoms with Crippen LogP contribution in [0.15, 0.2) is 18.3 Å². The second-order valence-corrected chi connectivity index (χ2v) is 6.32. The van der Waals surface area contributed by atoms with Gasteiger partial charge in [0.15, 0.2) is 0 Å². The molecule has 5 heteroatoms. The largest absolute Gasteiger partial charge is 0.481 e. The lowest BCUT2D eigenvalue weighted by molar-refractivity contribution is -0.140. The molecule has 1 N–H and O–H groups in total. The predicted molar refractivity (Wildman–Crippen MR) is 89.5 cm³/mol. The quantitative estimate of drug-likeness (QED) is 0.876. The van der Waals surface area contributed by atoms with Crippen molar-refractivity contribution >= 4 is 17.5 Å². The van der Waals surface area contributed by atoms with E-state index in [1.54, 1.807) is 6.92 Å². The molecule has 22 heavy (non-hydrogen) atoms. The summed E-state index contributed by atoms with van der Waals surface area (Å²) in [5.41, 5.74) is 0.990. The lowest BCUT2D eigenvalue weighted by atomic mass is 9.99. The Morgan fingerprint density at radius 3 is 2.64 bits per heavy atom. The molecular formula is C17H27N3O2. The molecule has 5 nitrogen and oxygen atoms in total. The van der Waals surface area contributed by atoms with Crippen molar-refractivity contribution in [3.05, 3.63) is 18.3 Å². The molecule has 122 valence electrons. The van der Waals surface area contributed by atoms with Gasteiger partial charge < -0.3 is 14.9 Å². The molecule has 1 saturated heterocycles. The summed E-state index contributed by atoms with van der Waals surface area (Å²) in [4.78, 5) is 20.0. The fourth-order valence-electron chi connectivity index (χ4n) is 2.82. The summed E-state index contributed by atoms with van der Waals surface area (Å²) in [7, 11) is 0. The van der Waals surface area contributed by atoms with Crippen molar-refractivity contribution in [2.24, 2.45) is 11.8 Å². The monoisotopic (exact) mass is 305 g/mol. The topological polar surface area (TPSA) is 56.7 Å². The number of rotatable bonds is 6. The van der Waals surface area contributed by atoms with Crippen molar-refractivity contribution in [1.29, 1.82) is 0 Å². The maximum Gasteiger partial charge on any atom is 0.308 e. The van der Waals surface area contributed by atoms with Crippen LogP contribution in [-0.4, -0.2) is 42.2 Å². The molecule has 1 aliphatic heterocycles. The van der Waals surface area contributed by atoms with E-state index in [-0.39, 0.29) is 5.92 Å². The van der Waals surface area contributed by atoms with Crippen LogP contribution in [0.25, 0.3) is 0 Å². The molecular weight excluding hydrogens is 278 g/mol. The molecule has 0 spiro atoms. The molecule has 0 amide bonds. The lowest BCUT2D eigenvalue weighted by Crippen LogP contribution is -2.34. The van der Waals surface area contributed by atoms with E-state index in [1.165, 1.54) is 12.8 Å². The maximum absolute atomic E-state index is 11.0. The first-order valence-corrected chi connectivity index (χ1v) is 8.20. The molecule has 0 aromatic carbocycles. The number of carboxylic acid groups (broad SMARTS) is 1. The van der Waals surface area contributed by atoms with E-state index in [0.29, 0.717) is 6.54 Å². The zero-order valence-corrected chi connectivity index (χ0v) is 13.8. The van der Waals surface area contributed by atoms with Crippen molar-refractivity contribution in [2.45, 2.75) is 33.6 Å². The molecule has 0 bridgehead atoms. The van der Waals surface area contributed by atoms with Gasteiger partial charge in [-0.25, -0.2) is 4.98 Å². The van der Waals surface area contributed by atoms with E-state index in [2.05, 4.69) is 33.8 Å². The zero-order valence-electron chi connectivity index (χ0n) is 13.8. The number of nitrogens with zero attached hydrogens (tertiary/aromatic N) is 3. The first-order valence-electron chi connectivity index (χ1n) is 8.20. The first-order chi connectivity index (χ1) is 10.5. The Morgan fingerprint density at radius 2 is 2.14 bits per heavy atom. The lowest BCUT2D eigenvalue weighted by Gasteiger charge is -2.31. The molecule has 0 saturated carbocycles. The van der Waals surface area contributed by atoms with Gasteiger partial charge in [0.25, 0.3) is 0 Å². The van der Waals surface area contributed by atoms with Gasteiger partial charge in [-0.15, -0.1) is 0 Å². The minimum atomic E-state index is -0.759. The van der Waals surface area contributed by atoms with E-state index < -0.39 is 5.97 Å². The highest BCUT2D eigenvalue weighted by Crippen LogP contribution is 2.23. The molecule has 1 atom stereocenters. The molecule has 0 aliphatic carbocycles. The SMILES string of the molecule is CCN(CC(C)C(=O)O)c1ccc(N2CCC(C)CC2)nc1. The van der Waals surface area contributed by atoms with Crippen molar-refractivity contribution in [3.63, 3.8) is 0 Å². The van der Waals surface area contributed by atoms with Gasteiger partial charge in [0.1, 0.15) is 5.82 Å². The second kappa shape index (κ2) is 7.47. The summed E-state index contributed by atoms with van der Waals surface area (Å²) in [5.74, 6) is 0.690. The average molecular weight is 305 g/mol. The van der Waals surface area contributed by atoms with Crippen LogP contribution in [0.3, 0.4) is 0 Å². The van der Waals surface area contributed by atoms with Gasteiger partial charge in [0.05, 0.1) is 17.8 Å². The first kappa shape index (κ1) is 16.6. The molecule has 1 aromatic heterocycles. The van der Waals surface area contributed by atoms with E-state index in [0.717, 1.165) is 37.1 Å². The van der Waals surface area contributed by atoms with Crippen molar-refractivity contribution < 1.29 is 9.90 Å². The number of carboxylic acids is 1. The van der Waals surface area contributed by atoms with Crippen LogP contribution in [0, 0.1) is 11.8 Å². The van der Waals surface area contributed by atoms with Gasteiger partial charge in [-0.3, -0.25) is 4.79 Å². The Balaban J connectivity index is 2.02. The molecule has 1 unspecified atom stereocenters. The zero-order chi connectivity index (χ0) is 16.1. The fraction of sp³-hybridized carbons (Fsp3) is 0.647. The second-order valence-electron chi connectivity index (χ2n) is 6.32. The summed E-state index contributed by atoms with van der Waals surface area (Å²) < 4.78 is 0. The van der Waals surface area contributed by atoms with Crippen molar-refractivity contribution in [3.8, 4) is 0 Å². The third kappa shape index (κ3) is 4.12. The van der Waals surface area contributed by atoms with Crippen LogP contribution in [-0.2, 0) is 4.79 Å². The number of anilines is 2. The van der Waals surface area contributed by atoms with Crippen molar-refractivity contribution in [2.75, 3.05) is 36.0 Å². The Morgan fingerprint density at radius 1 is 1.45 bits per heavy atom. The molecule has 2 heterocycles. The normalized spacial score (nSPS) is 17.3. The van der Waals surface area contributed by atoms with Gasteiger partial charge in [0.2, 0.25) is 0 Å². The predicted octanol–water partition coefficient (Wildman–Crippen LogP) is 2.86. The summed E-state index contributed by atoms with van der Waals surface area (Å²) >= 11 is 0. The average Bonchev–Trinajstić information content (AvgIpc) is 2.53. The highest BCUT2D eigenvalue weighted by Gasteiger charge is 2.18. The standard InChI is InChI=1S/C17H27N3O2/c1-4-19(12-14(3)17(21)22)15-5-6-16(18-11-15)20-9-7-13(2)8-10-20/h5-6,11,13-14H,4,7-10,12H2,1-3H3,(H,21,22). The van der Waals surface area contributed by atoms with E-state index in [9.17, 15) is 4.79 Å². The molecule has 0 radical (unpaired) electrons. The van der Waals surface area contributed by atoms with Crippen LogP contribution >= 0.6 is 0 Å². The minimum absolute atomic E-state index is 0.386. The highest BCUT2D eigenvalue weighted by atomic mass is 16.4. The third-order valence-electron chi connectivity index (χ3n) is 4.50. The van der Waals surface area contributed by atoms with Gasteiger partial charge in [-0.2, -0.15) is 0 Å². The van der Waals surface area contributed by atoms with Gasteiger partial charge in [0, 0.05) is 26.2 Å². The molecule has 2 rings (SSSR count). The number of pyridine rings is 1. The van der Waals surface area contributed by atoms with Gasteiger partial charge in [-0.1, -0.05) is 13.8 Å². The Hall–Kier alpha value is -1.78. The highest BCUT2D eigenvalue weighted by molar-refractivity contribution is 5.70. The summed E-state index contributed by atoms with van der Waals surface area (Å²) in [5, 5.41) is 9.06. The van der Waals surface area contributed by atoms with E-state index >= 15 is 0 Å². The van der Waals surface area contributed by atoms with Crippen LogP contribution in [0.2, 0.25) is 0 Å². The molecule has 1 aromatic rings. The maximum atomic E-state index is 11.0. The van der Waals surface area contributed by atoms with Crippen molar-refractivity contribution in [1.82, 2.24) is 4.98 Å². The Kier molecular flexibility index (Phi) is 5.63. The van der Waals surface area contributed by atoms with Gasteiger partial charge >= 0.3 is 5.97 Å². The smallest absolute Gasteiger partial charge is 0.308 e. The fourth-order valence-corrected chi connectivity index (χ4v) is 2.82. The summed E-state index contributed by atoms with van der Waals surface area (Å²) in [6, 6.07) is 4.11. The van der Waals surface area contributed by atoms with Crippen LogP contribution in [0.5, 0.6) is 0 Å². The number of aromatic nitrogens is 1. The number of hydrogen-bond acceptors (Lipinski definition) is 4. The summed E-state index contributed by atoms with van der Waals surface area (Å²) in [6.45, 7) is 9.50. The van der Waals surface area contributed by atoms with Gasteiger partial charge in [-0.05, 0) is 37.8 Å².